The highest BCUT2D eigenvalue weighted by Crippen LogP contribution is 2.33. The fourth-order valence-corrected chi connectivity index (χ4v) is 3.28. The van der Waals surface area contributed by atoms with Crippen LogP contribution in [-0.4, -0.2) is 14.2 Å². The monoisotopic (exact) mass is 439 g/mol. The first-order valence-corrected chi connectivity index (χ1v) is 9.80. The molecule has 0 atom stereocenters. The molecule has 0 aromatic heterocycles. The fourth-order valence-electron chi connectivity index (χ4n) is 2.89. The number of nitrogens with zero attached hydrogens (tertiary/aromatic N) is 1. The average molecular weight is 440 g/mol. The minimum absolute atomic E-state index is 0.335. The summed E-state index contributed by atoms with van der Waals surface area (Å²) in [4.78, 5) is 0. The quantitative estimate of drug-likeness (QED) is 0.305. The van der Waals surface area contributed by atoms with Gasteiger partial charge in [0.25, 0.3) is 0 Å². The van der Waals surface area contributed by atoms with Crippen LogP contribution in [0.3, 0.4) is 0 Å². The predicted octanol–water partition coefficient (Wildman–Crippen LogP) is 6.65. The van der Waals surface area contributed by atoms with Gasteiger partial charge in [0, 0.05) is 15.6 Å². The number of benzene rings is 3. The number of hydrogen-bond donors (Lipinski definition) is 0. The molecule has 0 saturated heterocycles. The normalized spacial score (nSPS) is 11.0. The van der Waals surface area contributed by atoms with Crippen molar-refractivity contribution in [1.29, 1.82) is 5.26 Å². The third kappa shape index (κ3) is 5.27. The van der Waals surface area contributed by atoms with E-state index in [1.807, 2.05) is 24.3 Å². The number of hydrogen-bond acceptors (Lipinski definition) is 4. The minimum Gasteiger partial charge on any atom is -0.493 e. The summed E-state index contributed by atoms with van der Waals surface area (Å²) in [5.41, 5.74) is 2.75. The Bertz CT molecular complexity index is 1120. The Morgan fingerprint density at radius 2 is 1.63 bits per heavy atom. The highest BCUT2D eigenvalue weighted by molar-refractivity contribution is 6.31. The lowest BCUT2D eigenvalue weighted by atomic mass is 10.0. The highest BCUT2D eigenvalue weighted by Gasteiger charge is 2.10. The average Bonchev–Trinajstić information content (AvgIpc) is 2.76. The minimum atomic E-state index is 0.335. The maximum Gasteiger partial charge on any atom is 0.161 e. The predicted molar refractivity (Wildman–Crippen MR) is 120 cm³/mol. The van der Waals surface area contributed by atoms with Gasteiger partial charge in [-0.15, -0.1) is 0 Å². The maximum absolute atomic E-state index is 9.75. The molecule has 3 aromatic carbocycles. The van der Waals surface area contributed by atoms with Crippen LogP contribution in [0.25, 0.3) is 11.6 Å². The second kappa shape index (κ2) is 10.1. The molecule has 6 heteroatoms. The molecule has 0 N–H and O–H groups in total. The van der Waals surface area contributed by atoms with Crippen LogP contribution < -0.4 is 14.2 Å². The van der Waals surface area contributed by atoms with Crippen LogP contribution in [0.4, 0.5) is 0 Å². The van der Waals surface area contributed by atoms with Crippen LogP contribution in [0.2, 0.25) is 10.0 Å². The number of methoxy groups -OCH3 is 2. The second-order valence-corrected chi connectivity index (χ2v) is 7.21. The lowest BCUT2D eigenvalue weighted by Gasteiger charge is -2.12. The van der Waals surface area contributed by atoms with Crippen LogP contribution in [0.5, 0.6) is 17.2 Å². The van der Waals surface area contributed by atoms with Crippen molar-refractivity contribution < 1.29 is 14.2 Å². The zero-order valence-electron chi connectivity index (χ0n) is 16.5. The molecule has 0 aliphatic rings. The molecule has 3 aromatic rings. The smallest absolute Gasteiger partial charge is 0.161 e. The van der Waals surface area contributed by atoms with Crippen LogP contribution in [0, 0.1) is 11.3 Å². The zero-order chi connectivity index (χ0) is 21.5. The van der Waals surface area contributed by atoms with Crippen LogP contribution >= 0.6 is 23.2 Å². The Hall–Kier alpha value is -3.13. The molecule has 0 fully saturated rings. The molecule has 3 rings (SSSR count). The maximum atomic E-state index is 9.75. The SMILES string of the molecule is COc1ccc(/C(C#N)=C/c2cc(Cl)ccc2OCc2cccc(Cl)c2)cc1OC. The summed E-state index contributed by atoms with van der Waals surface area (Å²) in [6, 6.07) is 20.3. The van der Waals surface area contributed by atoms with Gasteiger partial charge in [-0.25, -0.2) is 0 Å². The first kappa shape index (κ1) is 21.6. The molecule has 0 radical (unpaired) electrons. The first-order valence-electron chi connectivity index (χ1n) is 9.05. The topological polar surface area (TPSA) is 51.5 Å². The lowest BCUT2D eigenvalue weighted by molar-refractivity contribution is 0.305. The number of allylic oxidation sites excluding steroid dienone is 1. The van der Waals surface area contributed by atoms with E-state index in [4.69, 9.17) is 37.4 Å². The van der Waals surface area contributed by atoms with Gasteiger partial charge < -0.3 is 14.2 Å². The lowest BCUT2D eigenvalue weighted by Crippen LogP contribution is -1.97. The molecule has 0 unspecified atom stereocenters. The Kier molecular flexibility index (Phi) is 7.24. The highest BCUT2D eigenvalue weighted by atomic mass is 35.5. The number of nitriles is 1. The van der Waals surface area contributed by atoms with E-state index in [0.717, 1.165) is 5.56 Å². The van der Waals surface area contributed by atoms with Gasteiger partial charge in [-0.2, -0.15) is 5.26 Å². The van der Waals surface area contributed by atoms with Gasteiger partial charge in [-0.05, 0) is 65.7 Å². The van der Waals surface area contributed by atoms with Crippen molar-refractivity contribution in [1.82, 2.24) is 0 Å². The molecule has 152 valence electrons. The van der Waals surface area contributed by atoms with E-state index >= 15 is 0 Å². The van der Waals surface area contributed by atoms with Gasteiger partial charge in [0.2, 0.25) is 0 Å². The van der Waals surface area contributed by atoms with Crippen molar-refractivity contribution in [2.24, 2.45) is 0 Å². The third-order valence-corrected chi connectivity index (χ3v) is 4.84. The molecule has 0 amide bonds. The number of ether oxygens (including phenoxy) is 3. The zero-order valence-corrected chi connectivity index (χ0v) is 18.0. The van der Waals surface area contributed by atoms with E-state index in [1.165, 1.54) is 0 Å². The molecular formula is C24H19Cl2NO3. The van der Waals surface area contributed by atoms with Crippen molar-refractivity contribution in [2.75, 3.05) is 14.2 Å². The van der Waals surface area contributed by atoms with E-state index in [0.29, 0.717) is 50.6 Å². The second-order valence-electron chi connectivity index (χ2n) is 6.34. The summed E-state index contributed by atoms with van der Waals surface area (Å²) in [6.45, 7) is 0.335. The van der Waals surface area contributed by atoms with Crippen molar-refractivity contribution in [3.63, 3.8) is 0 Å². The Morgan fingerprint density at radius 1 is 0.900 bits per heavy atom. The van der Waals surface area contributed by atoms with Crippen molar-refractivity contribution >= 4 is 34.9 Å². The summed E-state index contributed by atoms with van der Waals surface area (Å²) < 4.78 is 16.6. The van der Waals surface area contributed by atoms with Gasteiger partial charge in [-0.3, -0.25) is 0 Å². The van der Waals surface area contributed by atoms with Crippen molar-refractivity contribution in [3.05, 3.63) is 87.4 Å². The Balaban J connectivity index is 1.94. The van der Waals surface area contributed by atoms with Crippen LogP contribution in [-0.2, 0) is 6.61 Å². The molecule has 30 heavy (non-hydrogen) atoms. The molecule has 0 bridgehead atoms. The molecule has 0 heterocycles. The van der Waals surface area contributed by atoms with Crippen molar-refractivity contribution in [3.8, 4) is 23.3 Å². The molecule has 0 aliphatic heterocycles. The molecule has 0 saturated carbocycles. The fraction of sp³-hybridized carbons (Fsp3) is 0.125. The summed E-state index contributed by atoms with van der Waals surface area (Å²) in [7, 11) is 3.12. The number of halogens is 2. The van der Waals surface area contributed by atoms with Gasteiger partial charge in [0.05, 0.1) is 25.9 Å². The Labute approximate surface area is 185 Å². The van der Waals surface area contributed by atoms with Crippen LogP contribution in [0.1, 0.15) is 16.7 Å². The summed E-state index contributed by atoms with van der Waals surface area (Å²) in [6.07, 6.45) is 1.74. The van der Waals surface area contributed by atoms with E-state index in [2.05, 4.69) is 6.07 Å². The van der Waals surface area contributed by atoms with E-state index in [9.17, 15) is 5.26 Å². The molecule has 0 spiro atoms. The first-order chi connectivity index (χ1) is 14.5. The largest absolute Gasteiger partial charge is 0.493 e. The summed E-state index contributed by atoms with van der Waals surface area (Å²) in [5, 5.41) is 10.9. The van der Waals surface area contributed by atoms with Crippen molar-refractivity contribution in [2.45, 2.75) is 6.61 Å². The van der Waals surface area contributed by atoms with Gasteiger partial charge >= 0.3 is 0 Å². The summed E-state index contributed by atoms with van der Waals surface area (Å²) in [5.74, 6) is 1.74. The number of rotatable bonds is 7. The molecule has 0 aliphatic carbocycles. The Morgan fingerprint density at radius 3 is 2.33 bits per heavy atom. The van der Waals surface area contributed by atoms with Gasteiger partial charge in [-0.1, -0.05) is 35.3 Å². The van der Waals surface area contributed by atoms with E-state index in [1.54, 1.807) is 56.7 Å². The molecular weight excluding hydrogens is 421 g/mol. The van der Waals surface area contributed by atoms with Crippen LogP contribution in [0.15, 0.2) is 60.7 Å². The van der Waals surface area contributed by atoms with Gasteiger partial charge in [0.15, 0.2) is 11.5 Å². The molecule has 4 nitrogen and oxygen atoms in total. The standard InChI is InChI=1S/C24H19Cl2NO3/c1-28-23-8-6-17(13-24(23)29-2)19(14-27)11-18-12-21(26)7-9-22(18)30-15-16-4-3-5-20(25)10-16/h3-13H,15H2,1-2H3/b19-11+. The van der Waals surface area contributed by atoms with Gasteiger partial charge in [0.1, 0.15) is 12.4 Å². The van der Waals surface area contributed by atoms with E-state index < -0.39 is 0 Å². The summed E-state index contributed by atoms with van der Waals surface area (Å²) >= 11 is 12.2. The van der Waals surface area contributed by atoms with E-state index in [-0.39, 0.29) is 0 Å². The third-order valence-electron chi connectivity index (χ3n) is 4.37.